The highest BCUT2D eigenvalue weighted by Crippen LogP contribution is 2.32. The van der Waals surface area contributed by atoms with Crippen LogP contribution in [0.4, 0.5) is 5.69 Å². The van der Waals surface area contributed by atoms with Gasteiger partial charge in [0.25, 0.3) is 17.7 Å². The molecule has 0 spiro atoms. The fraction of sp³-hybridized carbons (Fsp3) is 0.360. The zero-order valence-corrected chi connectivity index (χ0v) is 19.3. The maximum Gasteiger partial charge on any atom is 0.338 e. The molecule has 1 fully saturated rings. The number of benzene rings is 2. The topological polar surface area (TPSA) is 92.8 Å². The second kappa shape index (κ2) is 9.35. The van der Waals surface area contributed by atoms with E-state index in [0.717, 1.165) is 43.2 Å². The standard InChI is InChI=1S/C25H25ClN2O5/c1-14-10-15(2)22(20(26)11-14)27-21(29)13-33-25(32)16-8-9-18-19(12-16)24(31)28(23(18)30)17-6-4-3-5-7-17/h8-12,17H,3-7,13H2,1-2H3,(H,27,29). The second-order valence-corrected chi connectivity index (χ2v) is 9.00. The molecule has 0 saturated heterocycles. The lowest BCUT2D eigenvalue weighted by Gasteiger charge is -2.29. The van der Waals surface area contributed by atoms with Gasteiger partial charge in [-0.05, 0) is 62.1 Å². The number of amides is 3. The molecular weight excluding hydrogens is 444 g/mol. The van der Waals surface area contributed by atoms with Crippen LogP contribution in [0.2, 0.25) is 5.02 Å². The normalized spacial score (nSPS) is 16.0. The van der Waals surface area contributed by atoms with Gasteiger partial charge in [0.1, 0.15) is 0 Å². The fourth-order valence-electron chi connectivity index (χ4n) is 4.52. The Bertz CT molecular complexity index is 1130. The van der Waals surface area contributed by atoms with Crippen molar-refractivity contribution in [3.8, 4) is 0 Å². The Kier molecular flexibility index (Phi) is 6.51. The van der Waals surface area contributed by atoms with Gasteiger partial charge < -0.3 is 10.1 Å². The smallest absolute Gasteiger partial charge is 0.338 e. The molecule has 33 heavy (non-hydrogen) atoms. The van der Waals surface area contributed by atoms with Crippen molar-refractivity contribution >= 4 is 41.0 Å². The summed E-state index contributed by atoms with van der Waals surface area (Å²) in [5.41, 5.74) is 2.83. The predicted octanol–water partition coefficient (Wildman–Crippen LogP) is 4.68. The maximum atomic E-state index is 12.9. The predicted molar refractivity (Wildman–Crippen MR) is 124 cm³/mol. The average molecular weight is 469 g/mol. The molecule has 8 heteroatoms. The van der Waals surface area contributed by atoms with E-state index < -0.39 is 18.5 Å². The molecule has 0 bridgehead atoms. The van der Waals surface area contributed by atoms with Gasteiger partial charge in [0.05, 0.1) is 27.4 Å². The monoisotopic (exact) mass is 468 g/mol. The van der Waals surface area contributed by atoms with E-state index in [4.69, 9.17) is 16.3 Å². The van der Waals surface area contributed by atoms with Crippen LogP contribution in [0.3, 0.4) is 0 Å². The van der Waals surface area contributed by atoms with Gasteiger partial charge in [-0.2, -0.15) is 0 Å². The van der Waals surface area contributed by atoms with Gasteiger partial charge in [0.2, 0.25) is 0 Å². The van der Waals surface area contributed by atoms with Gasteiger partial charge in [-0.15, -0.1) is 0 Å². The lowest BCUT2D eigenvalue weighted by Crippen LogP contribution is -2.40. The molecular formula is C25H25ClN2O5. The van der Waals surface area contributed by atoms with Crippen molar-refractivity contribution in [3.05, 3.63) is 63.2 Å². The third-order valence-electron chi connectivity index (χ3n) is 6.12. The van der Waals surface area contributed by atoms with E-state index >= 15 is 0 Å². The number of hydrogen-bond donors (Lipinski definition) is 1. The Hall–Kier alpha value is -3.19. The molecule has 172 valence electrons. The summed E-state index contributed by atoms with van der Waals surface area (Å²) in [5.74, 6) is -1.98. The minimum Gasteiger partial charge on any atom is -0.452 e. The van der Waals surface area contributed by atoms with E-state index in [0.29, 0.717) is 16.3 Å². The SMILES string of the molecule is Cc1cc(C)c(NC(=O)COC(=O)c2ccc3c(c2)C(=O)N(C2CCCCC2)C3=O)c(Cl)c1. The molecule has 2 aliphatic rings. The Balaban J connectivity index is 1.41. The third kappa shape index (κ3) is 4.64. The van der Waals surface area contributed by atoms with Crippen molar-refractivity contribution in [2.24, 2.45) is 0 Å². The number of aryl methyl sites for hydroxylation is 2. The molecule has 7 nitrogen and oxygen atoms in total. The number of imide groups is 1. The maximum absolute atomic E-state index is 12.9. The van der Waals surface area contributed by atoms with Crippen LogP contribution in [0, 0.1) is 13.8 Å². The molecule has 2 aromatic rings. The number of rotatable bonds is 5. The van der Waals surface area contributed by atoms with Crippen molar-refractivity contribution in [3.63, 3.8) is 0 Å². The van der Waals surface area contributed by atoms with Crippen LogP contribution >= 0.6 is 11.6 Å². The Morgan fingerprint density at radius 3 is 2.42 bits per heavy atom. The van der Waals surface area contributed by atoms with Gasteiger partial charge in [-0.1, -0.05) is 36.9 Å². The Labute approximate surface area is 197 Å². The lowest BCUT2D eigenvalue weighted by molar-refractivity contribution is -0.119. The largest absolute Gasteiger partial charge is 0.452 e. The summed E-state index contributed by atoms with van der Waals surface area (Å²) >= 11 is 6.20. The summed E-state index contributed by atoms with van der Waals surface area (Å²) in [6, 6.07) is 7.81. The summed E-state index contributed by atoms with van der Waals surface area (Å²) in [6.07, 6.45) is 4.70. The number of nitrogens with zero attached hydrogens (tertiary/aromatic N) is 1. The molecule has 0 atom stereocenters. The number of halogens is 1. The van der Waals surface area contributed by atoms with E-state index in [-0.39, 0.29) is 29.0 Å². The zero-order valence-electron chi connectivity index (χ0n) is 18.6. The average Bonchev–Trinajstić information content (AvgIpc) is 3.04. The first-order valence-corrected chi connectivity index (χ1v) is 11.4. The molecule has 1 N–H and O–H groups in total. The molecule has 2 aromatic carbocycles. The number of esters is 1. The first-order valence-electron chi connectivity index (χ1n) is 11.0. The minimum absolute atomic E-state index is 0.0951. The highest BCUT2D eigenvalue weighted by atomic mass is 35.5. The van der Waals surface area contributed by atoms with Crippen molar-refractivity contribution in [2.45, 2.75) is 52.0 Å². The quantitative estimate of drug-likeness (QED) is 0.508. The van der Waals surface area contributed by atoms with Crippen LogP contribution in [0.25, 0.3) is 0 Å². The summed E-state index contributed by atoms with van der Waals surface area (Å²) in [5, 5.41) is 3.06. The number of carbonyl (C=O) groups is 4. The van der Waals surface area contributed by atoms with Gasteiger partial charge >= 0.3 is 5.97 Å². The summed E-state index contributed by atoms with van der Waals surface area (Å²) in [7, 11) is 0. The van der Waals surface area contributed by atoms with Gasteiger partial charge in [0, 0.05) is 6.04 Å². The number of nitrogens with one attached hydrogen (secondary N) is 1. The van der Waals surface area contributed by atoms with Gasteiger partial charge in [0.15, 0.2) is 6.61 Å². The van der Waals surface area contributed by atoms with Gasteiger partial charge in [-0.3, -0.25) is 19.3 Å². The Morgan fingerprint density at radius 1 is 1.03 bits per heavy atom. The second-order valence-electron chi connectivity index (χ2n) is 8.60. The van der Waals surface area contributed by atoms with Gasteiger partial charge in [-0.25, -0.2) is 4.79 Å². The van der Waals surface area contributed by atoms with E-state index in [1.807, 2.05) is 19.9 Å². The van der Waals surface area contributed by atoms with E-state index in [2.05, 4.69) is 5.32 Å². The first kappa shape index (κ1) is 23.0. The molecule has 4 rings (SSSR count). The van der Waals surface area contributed by atoms with Crippen LogP contribution in [0.1, 0.15) is 74.3 Å². The molecule has 0 unspecified atom stereocenters. The number of anilines is 1. The van der Waals surface area contributed by atoms with Crippen molar-refractivity contribution in [1.82, 2.24) is 4.90 Å². The minimum atomic E-state index is -0.754. The van der Waals surface area contributed by atoms with Crippen LogP contribution in [-0.4, -0.2) is 41.2 Å². The highest BCUT2D eigenvalue weighted by Gasteiger charge is 2.40. The zero-order chi connectivity index (χ0) is 23.7. The molecule has 1 aliphatic heterocycles. The molecule has 1 saturated carbocycles. The van der Waals surface area contributed by atoms with Crippen LogP contribution < -0.4 is 5.32 Å². The van der Waals surface area contributed by atoms with Crippen molar-refractivity contribution in [2.75, 3.05) is 11.9 Å². The summed E-state index contributed by atoms with van der Waals surface area (Å²) < 4.78 is 5.13. The fourth-order valence-corrected chi connectivity index (χ4v) is 4.89. The van der Waals surface area contributed by atoms with E-state index in [1.54, 1.807) is 6.07 Å². The highest BCUT2D eigenvalue weighted by molar-refractivity contribution is 6.34. The van der Waals surface area contributed by atoms with Crippen LogP contribution in [0.5, 0.6) is 0 Å². The molecule has 0 aromatic heterocycles. The summed E-state index contributed by atoms with van der Waals surface area (Å²) in [4.78, 5) is 51.8. The van der Waals surface area contributed by atoms with E-state index in [1.165, 1.54) is 23.1 Å². The molecule has 3 amide bonds. The first-order chi connectivity index (χ1) is 15.8. The van der Waals surface area contributed by atoms with Crippen LogP contribution in [0.15, 0.2) is 30.3 Å². The molecule has 1 aliphatic carbocycles. The van der Waals surface area contributed by atoms with Crippen LogP contribution in [-0.2, 0) is 9.53 Å². The lowest BCUT2D eigenvalue weighted by atomic mass is 9.94. The van der Waals surface area contributed by atoms with Crippen molar-refractivity contribution in [1.29, 1.82) is 0 Å². The number of ether oxygens (including phenoxy) is 1. The van der Waals surface area contributed by atoms with Crippen molar-refractivity contribution < 1.29 is 23.9 Å². The Morgan fingerprint density at radius 2 is 1.73 bits per heavy atom. The third-order valence-corrected chi connectivity index (χ3v) is 6.42. The molecule has 1 heterocycles. The molecule has 0 radical (unpaired) electrons. The number of carbonyl (C=O) groups excluding carboxylic acids is 4. The number of fused-ring (bicyclic) bond motifs is 1. The number of hydrogen-bond acceptors (Lipinski definition) is 5. The van der Waals surface area contributed by atoms with E-state index in [9.17, 15) is 19.2 Å². The summed E-state index contributed by atoms with van der Waals surface area (Å²) in [6.45, 7) is 3.20.